The normalized spacial score (nSPS) is 11.1. The molecule has 8 heteroatoms. The van der Waals surface area contributed by atoms with Crippen LogP contribution in [-0.4, -0.2) is 11.9 Å². The third-order valence-corrected chi connectivity index (χ3v) is 2.20. The molecule has 104 valence electrons. The fourth-order valence-corrected chi connectivity index (χ4v) is 1.58. The van der Waals surface area contributed by atoms with E-state index in [0.717, 1.165) is 19.9 Å². The molecule has 4 nitrogen and oxygen atoms in total. The quantitative estimate of drug-likeness (QED) is 0.673. The Hall–Kier alpha value is -1.76. The number of rotatable bonds is 2. The topological polar surface area (TPSA) is 55.4 Å². The van der Waals surface area contributed by atoms with E-state index in [0.29, 0.717) is 6.07 Å². The van der Waals surface area contributed by atoms with Crippen molar-refractivity contribution in [1.82, 2.24) is 0 Å². The summed E-state index contributed by atoms with van der Waals surface area (Å²) in [5, 5.41) is 1.75. The molecule has 1 N–H and O–H groups in total. The molecule has 0 atom stereocenters. The van der Waals surface area contributed by atoms with Crippen LogP contribution < -0.4 is 10.1 Å². The first-order valence-electron chi connectivity index (χ1n) is 4.98. The van der Waals surface area contributed by atoms with Gasteiger partial charge in [0.2, 0.25) is 5.91 Å². The molecule has 0 aromatic heterocycles. The van der Waals surface area contributed by atoms with Gasteiger partial charge >= 0.3 is 12.1 Å². The number of anilines is 1. The minimum Gasteiger partial charge on any atom is -0.424 e. The minimum absolute atomic E-state index is 0.138. The molecular weight excluding hydrogens is 287 g/mol. The largest absolute Gasteiger partial charge is 0.424 e. The molecule has 19 heavy (non-hydrogen) atoms. The number of hydrogen-bond donors (Lipinski definition) is 1. The van der Waals surface area contributed by atoms with Gasteiger partial charge in [-0.05, 0) is 12.1 Å². The van der Waals surface area contributed by atoms with Crippen LogP contribution in [0.3, 0.4) is 0 Å². The summed E-state index contributed by atoms with van der Waals surface area (Å²) in [5.74, 6) is -2.26. The molecule has 0 bridgehead atoms. The number of carbonyl (C=O) groups is 2. The smallest absolute Gasteiger partial charge is 0.420 e. The lowest BCUT2D eigenvalue weighted by Gasteiger charge is -2.15. The highest BCUT2D eigenvalue weighted by atomic mass is 35.5. The average molecular weight is 296 g/mol. The Morgan fingerprint density at radius 1 is 1.26 bits per heavy atom. The average Bonchev–Trinajstić information content (AvgIpc) is 2.18. The molecule has 1 aromatic carbocycles. The van der Waals surface area contributed by atoms with E-state index in [1.165, 1.54) is 0 Å². The Balaban J connectivity index is 3.38. The van der Waals surface area contributed by atoms with Crippen LogP contribution in [0.15, 0.2) is 12.1 Å². The standard InChI is InChI=1S/C11H9ClF3NO3/c1-5(17)16-7-3-8(11(13,14)15)10(9(12)4-7)19-6(2)18/h3-4H,1-2H3,(H,16,17). The van der Waals surface area contributed by atoms with E-state index in [1.54, 1.807) is 0 Å². The van der Waals surface area contributed by atoms with E-state index in [1.807, 2.05) is 0 Å². The zero-order chi connectivity index (χ0) is 14.8. The molecule has 0 saturated carbocycles. The molecule has 0 radical (unpaired) electrons. The molecule has 0 heterocycles. The molecule has 0 unspecified atom stereocenters. The molecular formula is C11H9ClF3NO3. The maximum absolute atomic E-state index is 12.8. The molecule has 0 fully saturated rings. The summed E-state index contributed by atoms with van der Waals surface area (Å²) in [6.45, 7) is 2.10. The lowest BCUT2D eigenvalue weighted by Crippen LogP contribution is -2.13. The Bertz CT molecular complexity index is 529. The maximum Gasteiger partial charge on any atom is 0.420 e. The summed E-state index contributed by atoms with van der Waals surface area (Å²) in [6, 6.07) is 1.71. The number of benzene rings is 1. The van der Waals surface area contributed by atoms with Gasteiger partial charge in [-0.1, -0.05) is 11.6 Å². The highest BCUT2D eigenvalue weighted by molar-refractivity contribution is 6.32. The lowest BCUT2D eigenvalue weighted by molar-refractivity contribution is -0.141. The lowest BCUT2D eigenvalue weighted by atomic mass is 10.1. The van der Waals surface area contributed by atoms with Crippen molar-refractivity contribution < 1.29 is 27.5 Å². The van der Waals surface area contributed by atoms with Gasteiger partial charge < -0.3 is 10.1 Å². The number of carbonyl (C=O) groups excluding carboxylic acids is 2. The molecule has 0 saturated heterocycles. The van der Waals surface area contributed by atoms with Crippen LogP contribution >= 0.6 is 11.6 Å². The van der Waals surface area contributed by atoms with Crippen molar-refractivity contribution in [3.8, 4) is 5.75 Å². The van der Waals surface area contributed by atoms with Crippen molar-refractivity contribution in [3.63, 3.8) is 0 Å². The second-order valence-electron chi connectivity index (χ2n) is 3.61. The van der Waals surface area contributed by atoms with Crippen molar-refractivity contribution in [2.24, 2.45) is 0 Å². The van der Waals surface area contributed by atoms with Gasteiger partial charge in [-0.2, -0.15) is 13.2 Å². The molecule has 0 spiro atoms. The van der Waals surface area contributed by atoms with Gasteiger partial charge in [0.15, 0.2) is 5.75 Å². The second kappa shape index (κ2) is 5.48. The Kier molecular flexibility index (Phi) is 4.41. The van der Waals surface area contributed by atoms with Crippen LogP contribution in [0.25, 0.3) is 0 Å². The van der Waals surface area contributed by atoms with Gasteiger partial charge in [-0.25, -0.2) is 0 Å². The Morgan fingerprint density at radius 2 is 1.84 bits per heavy atom. The van der Waals surface area contributed by atoms with Crippen molar-refractivity contribution in [2.45, 2.75) is 20.0 Å². The molecule has 1 amide bonds. The zero-order valence-electron chi connectivity index (χ0n) is 9.89. The number of hydrogen-bond acceptors (Lipinski definition) is 3. The van der Waals surface area contributed by atoms with E-state index in [9.17, 15) is 22.8 Å². The van der Waals surface area contributed by atoms with E-state index in [4.69, 9.17) is 11.6 Å². The van der Waals surface area contributed by atoms with Gasteiger partial charge in [-0.3, -0.25) is 9.59 Å². The summed E-state index contributed by atoms with van der Waals surface area (Å²) < 4.78 is 43.0. The summed E-state index contributed by atoms with van der Waals surface area (Å²) >= 11 is 5.64. The summed E-state index contributed by atoms with van der Waals surface area (Å²) in [6.07, 6.45) is -4.77. The number of nitrogens with one attached hydrogen (secondary N) is 1. The van der Waals surface area contributed by atoms with E-state index in [2.05, 4.69) is 10.1 Å². The Labute approximate surface area is 111 Å². The zero-order valence-corrected chi connectivity index (χ0v) is 10.6. The summed E-state index contributed by atoms with van der Waals surface area (Å²) in [7, 11) is 0. The fraction of sp³-hybridized carbons (Fsp3) is 0.273. The van der Waals surface area contributed by atoms with Crippen LogP contribution in [-0.2, 0) is 15.8 Å². The SMILES string of the molecule is CC(=O)Nc1cc(Cl)c(OC(C)=O)c(C(F)(F)F)c1. The predicted octanol–water partition coefficient (Wildman–Crippen LogP) is 3.24. The predicted molar refractivity (Wildman–Crippen MR) is 62.1 cm³/mol. The third-order valence-electron chi connectivity index (χ3n) is 1.92. The van der Waals surface area contributed by atoms with Gasteiger partial charge in [0, 0.05) is 19.5 Å². The highest BCUT2D eigenvalue weighted by Crippen LogP contribution is 2.42. The van der Waals surface area contributed by atoms with Gasteiger partial charge in [-0.15, -0.1) is 0 Å². The first-order valence-corrected chi connectivity index (χ1v) is 5.36. The molecule has 0 aliphatic carbocycles. The van der Waals surface area contributed by atoms with Gasteiger partial charge in [0.05, 0.1) is 5.02 Å². The first-order chi connectivity index (χ1) is 8.61. The summed E-state index contributed by atoms with van der Waals surface area (Å²) in [4.78, 5) is 21.6. The number of amides is 1. The van der Waals surface area contributed by atoms with Crippen LogP contribution in [0.4, 0.5) is 18.9 Å². The van der Waals surface area contributed by atoms with Crippen LogP contribution in [0, 0.1) is 0 Å². The number of ether oxygens (including phenoxy) is 1. The molecule has 1 aromatic rings. The molecule has 1 rings (SSSR count). The summed E-state index contributed by atoms with van der Waals surface area (Å²) in [5.41, 5.74) is -1.38. The molecule has 0 aliphatic heterocycles. The monoisotopic (exact) mass is 295 g/mol. The number of halogens is 4. The number of esters is 1. The van der Waals surface area contributed by atoms with Crippen molar-refractivity contribution in [3.05, 3.63) is 22.7 Å². The fourth-order valence-electron chi connectivity index (χ4n) is 1.33. The number of alkyl halides is 3. The van der Waals surface area contributed by atoms with E-state index >= 15 is 0 Å². The maximum atomic E-state index is 12.8. The van der Waals surface area contributed by atoms with E-state index < -0.39 is 34.4 Å². The molecule has 0 aliphatic rings. The van der Waals surface area contributed by atoms with Crippen molar-refractivity contribution >= 4 is 29.2 Å². The van der Waals surface area contributed by atoms with Gasteiger partial charge in [0.25, 0.3) is 0 Å². The van der Waals surface area contributed by atoms with Gasteiger partial charge in [0.1, 0.15) is 5.56 Å². The van der Waals surface area contributed by atoms with Crippen LogP contribution in [0.1, 0.15) is 19.4 Å². The van der Waals surface area contributed by atoms with Crippen molar-refractivity contribution in [2.75, 3.05) is 5.32 Å². The Morgan fingerprint density at radius 3 is 2.26 bits per heavy atom. The first kappa shape index (κ1) is 15.3. The van der Waals surface area contributed by atoms with Crippen LogP contribution in [0.5, 0.6) is 5.75 Å². The van der Waals surface area contributed by atoms with Crippen LogP contribution in [0.2, 0.25) is 5.02 Å². The second-order valence-corrected chi connectivity index (χ2v) is 4.01. The van der Waals surface area contributed by atoms with E-state index in [-0.39, 0.29) is 5.69 Å². The highest BCUT2D eigenvalue weighted by Gasteiger charge is 2.36. The third kappa shape index (κ3) is 4.13. The van der Waals surface area contributed by atoms with Crippen molar-refractivity contribution in [1.29, 1.82) is 0 Å². The minimum atomic E-state index is -4.77.